The van der Waals surface area contributed by atoms with Gasteiger partial charge in [0.05, 0.1) is 29.4 Å². The fraction of sp³-hybridized carbons (Fsp3) is 0.391. The van der Waals surface area contributed by atoms with E-state index in [0.29, 0.717) is 41.9 Å². The molecule has 30 heavy (non-hydrogen) atoms. The molecule has 1 N–H and O–H groups in total. The second-order valence-electron chi connectivity index (χ2n) is 7.20. The third kappa shape index (κ3) is 4.67. The van der Waals surface area contributed by atoms with E-state index < -0.39 is 0 Å². The van der Waals surface area contributed by atoms with Crippen LogP contribution < -0.4 is 5.32 Å². The number of benzene rings is 1. The highest BCUT2D eigenvalue weighted by Gasteiger charge is 2.23. The van der Waals surface area contributed by atoms with Crippen LogP contribution in [0.25, 0.3) is 22.3 Å². The van der Waals surface area contributed by atoms with Crippen LogP contribution in [0.15, 0.2) is 42.6 Å². The summed E-state index contributed by atoms with van der Waals surface area (Å²) in [7, 11) is 0. The first-order valence-electron chi connectivity index (χ1n) is 10.6. The van der Waals surface area contributed by atoms with Gasteiger partial charge < -0.3 is 10.2 Å². The highest BCUT2D eigenvalue weighted by atomic mass is 16.2. The van der Waals surface area contributed by atoms with Crippen LogP contribution in [-0.2, 0) is 11.3 Å². The number of aryl methyl sites for hydroxylation is 1. The lowest BCUT2D eigenvalue weighted by Crippen LogP contribution is -2.41. The lowest BCUT2D eigenvalue weighted by atomic mass is 10.1. The van der Waals surface area contributed by atoms with Crippen LogP contribution in [0.3, 0.4) is 0 Å². The molecule has 0 aliphatic heterocycles. The van der Waals surface area contributed by atoms with Gasteiger partial charge in [-0.15, -0.1) is 0 Å². The van der Waals surface area contributed by atoms with E-state index >= 15 is 0 Å². The summed E-state index contributed by atoms with van der Waals surface area (Å²) in [6, 6.07) is 11.6. The van der Waals surface area contributed by atoms with Gasteiger partial charge in [-0.05, 0) is 25.8 Å². The summed E-state index contributed by atoms with van der Waals surface area (Å²) in [6.45, 7) is 7.79. The van der Waals surface area contributed by atoms with Crippen molar-refractivity contribution in [3.63, 3.8) is 0 Å². The zero-order valence-electron chi connectivity index (χ0n) is 17.9. The number of nitrogens with zero attached hydrogens (tertiary/aromatic N) is 4. The van der Waals surface area contributed by atoms with Crippen molar-refractivity contribution in [2.75, 3.05) is 19.6 Å². The van der Waals surface area contributed by atoms with E-state index in [0.717, 1.165) is 18.4 Å². The SMILES string of the molecule is CCCNC(=O)CN(CCC)C(=O)c1cc(-c2ccccc2)nc2c1cnn2CC. The topological polar surface area (TPSA) is 80.1 Å². The van der Waals surface area contributed by atoms with Gasteiger partial charge in [0.25, 0.3) is 5.91 Å². The number of rotatable bonds is 9. The van der Waals surface area contributed by atoms with E-state index in [1.54, 1.807) is 15.8 Å². The summed E-state index contributed by atoms with van der Waals surface area (Å²) in [5.74, 6) is -0.319. The lowest BCUT2D eigenvalue weighted by molar-refractivity contribution is -0.121. The number of pyridine rings is 1. The van der Waals surface area contributed by atoms with Crippen molar-refractivity contribution in [3.05, 3.63) is 48.2 Å². The van der Waals surface area contributed by atoms with E-state index in [1.165, 1.54) is 0 Å². The van der Waals surface area contributed by atoms with Gasteiger partial charge in [0.1, 0.15) is 0 Å². The Morgan fingerprint density at radius 1 is 1.10 bits per heavy atom. The van der Waals surface area contributed by atoms with Gasteiger partial charge >= 0.3 is 0 Å². The molecule has 0 unspecified atom stereocenters. The fourth-order valence-corrected chi connectivity index (χ4v) is 3.40. The Kier molecular flexibility index (Phi) is 7.17. The Balaban J connectivity index is 2.04. The van der Waals surface area contributed by atoms with E-state index in [4.69, 9.17) is 4.98 Å². The van der Waals surface area contributed by atoms with E-state index in [1.807, 2.05) is 57.2 Å². The van der Waals surface area contributed by atoms with Crippen LogP contribution in [0.2, 0.25) is 0 Å². The summed E-state index contributed by atoms with van der Waals surface area (Å²) < 4.78 is 1.79. The Labute approximate surface area is 177 Å². The molecule has 2 amide bonds. The molecule has 0 saturated carbocycles. The van der Waals surface area contributed by atoms with Gasteiger partial charge in [-0.2, -0.15) is 5.10 Å². The van der Waals surface area contributed by atoms with E-state index in [9.17, 15) is 9.59 Å². The number of fused-ring (bicyclic) bond motifs is 1. The van der Waals surface area contributed by atoms with Gasteiger partial charge in [0.2, 0.25) is 5.91 Å². The summed E-state index contributed by atoms with van der Waals surface area (Å²) in [5.41, 5.74) is 2.85. The van der Waals surface area contributed by atoms with Crippen molar-refractivity contribution < 1.29 is 9.59 Å². The van der Waals surface area contributed by atoms with Crippen molar-refractivity contribution >= 4 is 22.8 Å². The Morgan fingerprint density at radius 2 is 1.87 bits per heavy atom. The van der Waals surface area contributed by atoms with Gasteiger partial charge in [0, 0.05) is 25.2 Å². The molecule has 2 aromatic heterocycles. The predicted octanol–water partition coefficient (Wildman–Crippen LogP) is 3.50. The van der Waals surface area contributed by atoms with Crippen LogP contribution >= 0.6 is 0 Å². The smallest absolute Gasteiger partial charge is 0.255 e. The summed E-state index contributed by atoms with van der Waals surface area (Å²) in [4.78, 5) is 32.2. The molecule has 0 spiro atoms. The molecular weight excluding hydrogens is 378 g/mol. The maximum absolute atomic E-state index is 13.5. The molecule has 0 aliphatic carbocycles. The second kappa shape index (κ2) is 10.0. The maximum atomic E-state index is 13.5. The summed E-state index contributed by atoms with van der Waals surface area (Å²) in [5, 5.41) is 7.96. The molecule has 0 radical (unpaired) electrons. The third-order valence-corrected chi connectivity index (χ3v) is 4.90. The number of amides is 2. The second-order valence-corrected chi connectivity index (χ2v) is 7.20. The fourth-order valence-electron chi connectivity index (χ4n) is 3.40. The van der Waals surface area contributed by atoms with E-state index in [2.05, 4.69) is 10.4 Å². The zero-order valence-corrected chi connectivity index (χ0v) is 17.9. The van der Waals surface area contributed by atoms with Crippen molar-refractivity contribution in [1.29, 1.82) is 0 Å². The molecule has 3 aromatic rings. The minimum atomic E-state index is -0.177. The summed E-state index contributed by atoms with van der Waals surface area (Å²) in [6.07, 6.45) is 3.31. The van der Waals surface area contributed by atoms with Crippen molar-refractivity contribution in [2.24, 2.45) is 0 Å². The van der Waals surface area contributed by atoms with E-state index in [-0.39, 0.29) is 18.4 Å². The highest BCUT2D eigenvalue weighted by Crippen LogP contribution is 2.26. The van der Waals surface area contributed by atoms with Crippen LogP contribution in [0.1, 0.15) is 44.0 Å². The minimum Gasteiger partial charge on any atom is -0.355 e. The molecule has 7 heteroatoms. The molecule has 2 heterocycles. The number of carbonyl (C=O) groups is 2. The number of hydrogen-bond acceptors (Lipinski definition) is 4. The van der Waals surface area contributed by atoms with Crippen LogP contribution in [0, 0.1) is 0 Å². The molecule has 3 rings (SSSR count). The first-order valence-corrected chi connectivity index (χ1v) is 10.6. The number of aromatic nitrogens is 3. The number of nitrogens with one attached hydrogen (secondary N) is 1. The molecule has 0 bridgehead atoms. The minimum absolute atomic E-state index is 0.0407. The van der Waals surface area contributed by atoms with Gasteiger partial charge in [-0.1, -0.05) is 44.2 Å². The Morgan fingerprint density at radius 3 is 2.53 bits per heavy atom. The largest absolute Gasteiger partial charge is 0.355 e. The van der Waals surface area contributed by atoms with Gasteiger partial charge in [-0.3, -0.25) is 9.59 Å². The molecule has 0 aliphatic rings. The first kappa shape index (κ1) is 21.5. The number of hydrogen-bond donors (Lipinski definition) is 1. The average Bonchev–Trinajstić information content (AvgIpc) is 3.20. The lowest BCUT2D eigenvalue weighted by Gasteiger charge is -2.22. The Bertz CT molecular complexity index is 1010. The van der Waals surface area contributed by atoms with Crippen LogP contribution in [0.5, 0.6) is 0 Å². The normalized spacial score (nSPS) is 10.9. The summed E-state index contributed by atoms with van der Waals surface area (Å²) >= 11 is 0. The molecule has 0 saturated heterocycles. The molecule has 7 nitrogen and oxygen atoms in total. The molecule has 0 atom stereocenters. The first-order chi connectivity index (χ1) is 14.6. The third-order valence-electron chi connectivity index (χ3n) is 4.90. The molecule has 0 fully saturated rings. The molecule has 1 aromatic carbocycles. The predicted molar refractivity (Wildman–Crippen MR) is 118 cm³/mol. The molecular formula is C23H29N5O2. The standard InChI is InChI=1S/C23H29N5O2/c1-4-12-24-21(29)16-27(13-5-2)23(30)18-14-20(17-10-8-7-9-11-17)26-22-19(18)15-25-28(22)6-3/h7-11,14-15H,4-6,12-13,16H2,1-3H3,(H,24,29). The average molecular weight is 408 g/mol. The maximum Gasteiger partial charge on any atom is 0.255 e. The van der Waals surface area contributed by atoms with Crippen molar-refractivity contribution in [3.8, 4) is 11.3 Å². The van der Waals surface area contributed by atoms with Gasteiger partial charge in [-0.25, -0.2) is 9.67 Å². The number of carbonyl (C=O) groups excluding carboxylic acids is 2. The molecule has 158 valence electrons. The van der Waals surface area contributed by atoms with Crippen molar-refractivity contribution in [1.82, 2.24) is 25.0 Å². The van der Waals surface area contributed by atoms with Crippen LogP contribution in [0.4, 0.5) is 0 Å². The van der Waals surface area contributed by atoms with Gasteiger partial charge in [0.15, 0.2) is 5.65 Å². The van der Waals surface area contributed by atoms with Crippen molar-refractivity contribution in [2.45, 2.75) is 40.2 Å². The Hall–Kier alpha value is -3.22. The zero-order chi connectivity index (χ0) is 21.5. The quantitative estimate of drug-likeness (QED) is 0.589. The monoisotopic (exact) mass is 407 g/mol. The highest BCUT2D eigenvalue weighted by molar-refractivity contribution is 6.07. The van der Waals surface area contributed by atoms with Crippen LogP contribution in [-0.4, -0.2) is 51.1 Å².